The second-order valence-corrected chi connectivity index (χ2v) is 10.5. The highest BCUT2D eigenvalue weighted by Crippen LogP contribution is 2.35. The number of ether oxygens (including phenoxy) is 2. The van der Waals surface area contributed by atoms with E-state index in [0.717, 1.165) is 48.7 Å². The van der Waals surface area contributed by atoms with Crippen molar-refractivity contribution in [2.24, 2.45) is 0 Å². The van der Waals surface area contributed by atoms with Crippen LogP contribution in [-0.2, 0) is 11.2 Å². The maximum absolute atomic E-state index is 12.5. The van der Waals surface area contributed by atoms with Crippen LogP contribution in [0.15, 0.2) is 47.4 Å². The first-order chi connectivity index (χ1) is 17.5. The van der Waals surface area contributed by atoms with Crippen molar-refractivity contribution in [3.63, 3.8) is 0 Å². The highest BCUT2D eigenvalue weighted by Gasteiger charge is 2.29. The molecule has 8 heteroatoms. The minimum atomic E-state index is -0.657. The number of carbonyl (C=O) groups is 1. The SMILES string of the molecule is CCCCc1ccc(NC(=O)CN2CCC(NCC(O)C3COc4cc(SC)ccc4O3)CC2)cc1. The molecule has 2 aromatic carbocycles. The van der Waals surface area contributed by atoms with E-state index in [1.807, 2.05) is 36.6 Å². The summed E-state index contributed by atoms with van der Waals surface area (Å²) in [7, 11) is 0. The number of aliphatic hydroxyl groups excluding tert-OH is 1. The molecular weight excluding hydrogens is 474 g/mol. The summed E-state index contributed by atoms with van der Waals surface area (Å²) in [6.45, 7) is 5.09. The van der Waals surface area contributed by atoms with Gasteiger partial charge in [-0.3, -0.25) is 9.69 Å². The fourth-order valence-corrected chi connectivity index (χ4v) is 5.07. The van der Waals surface area contributed by atoms with E-state index in [2.05, 4.69) is 34.6 Å². The van der Waals surface area contributed by atoms with E-state index in [1.165, 1.54) is 18.4 Å². The molecule has 0 spiro atoms. The van der Waals surface area contributed by atoms with Gasteiger partial charge in [0, 0.05) is 36.3 Å². The van der Waals surface area contributed by atoms with Gasteiger partial charge in [0.2, 0.25) is 5.91 Å². The van der Waals surface area contributed by atoms with Crippen LogP contribution < -0.4 is 20.1 Å². The smallest absolute Gasteiger partial charge is 0.238 e. The molecule has 2 unspecified atom stereocenters. The van der Waals surface area contributed by atoms with Gasteiger partial charge in [-0.2, -0.15) is 0 Å². The van der Waals surface area contributed by atoms with E-state index in [0.29, 0.717) is 31.5 Å². The van der Waals surface area contributed by atoms with Gasteiger partial charge in [0.05, 0.1) is 6.54 Å². The van der Waals surface area contributed by atoms with Crippen LogP contribution in [0.1, 0.15) is 38.2 Å². The highest BCUT2D eigenvalue weighted by molar-refractivity contribution is 7.98. The summed E-state index contributed by atoms with van der Waals surface area (Å²) >= 11 is 1.66. The number of amides is 1. The van der Waals surface area contributed by atoms with Crippen molar-refractivity contribution in [3.05, 3.63) is 48.0 Å². The molecule has 2 atom stereocenters. The lowest BCUT2D eigenvalue weighted by Gasteiger charge is -2.34. The summed E-state index contributed by atoms with van der Waals surface area (Å²) in [6, 6.07) is 14.4. The largest absolute Gasteiger partial charge is 0.486 e. The van der Waals surface area contributed by atoms with Gasteiger partial charge in [-0.25, -0.2) is 0 Å². The molecule has 0 aromatic heterocycles. The second kappa shape index (κ2) is 13.3. The lowest BCUT2D eigenvalue weighted by Crippen LogP contribution is -2.50. The van der Waals surface area contributed by atoms with Crippen molar-refractivity contribution >= 4 is 23.4 Å². The molecule has 4 rings (SSSR count). The van der Waals surface area contributed by atoms with Gasteiger partial charge in [0.1, 0.15) is 12.7 Å². The number of unbranched alkanes of at least 4 members (excludes halogenated alkanes) is 1. The second-order valence-electron chi connectivity index (χ2n) is 9.65. The topological polar surface area (TPSA) is 83.1 Å². The maximum atomic E-state index is 12.5. The molecule has 1 fully saturated rings. The molecular formula is C28H39N3O4S. The maximum Gasteiger partial charge on any atom is 0.238 e. The summed E-state index contributed by atoms with van der Waals surface area (Å²) in [4.78, 5) is 15.8. The Morgan fingerprint density at radius 2 is 1.94 bits per heavy atom. The Balaban J connectivity index is 1.13. The fraction of sp³-hybridized carbons (Fsp3) is 0.536. The standard InChI is InChI=1S/C28H39N3O4S/c1-3-4-5-20-6-8-22(9-7-20)30-28(33)18-31-14-12-21(13-15-31)29-17-24(32)27-19-34-26-16-23(36-2)10-11-25(26)35-27/h6-11,16,21,24,27,29,32H,3-5,12-15,17-19H2,1-2H3,(H,30,33). The molecule has 0 saturated carbocycles. The number of hydrogen-bond donors (Lipinski definition) is 3. The Hall–Kier alpha value is -2.26. The number of fused-ring (bicyclic) bond motifs is 1. The normalized spacial score (nSPS) is 19.1. The Bertz CT molecular complexity index is 979. The van der Waals surface area contributed by atoms with Crippen molar-refractivity contribution in [1.29, 1.82) is 0 Å². The first-order valence-corrected chi connectivity index (χ1v) is 14.3. The van der Waals surface area contributed by atoms with Crippen molar-refractivity contribution in [1.82, 2.24) is 10.2 Å². The number of hydrogen-bond acceptors (Lipinski definition) is 7. The molecule has 2 heterocycles. The lowest BCUT2D eigenvalue weighted by molar-refractivity contribution is -0.117. The predicted molar refractivity (Wildman–Crippen MR) is 145 cm³/mol. The van der Waals surface area contributed by atoms with Gasteiger partial charge in [0.15, 0.2) is 17.6 Å². The van der Waals surface area contributed by atoms with Crippen molar-refractivity contribution < 1.29 is 19.4 Å². The molecule has 0 aliphatic carbocycles. The average molecular weight is 514 g/mol. The molecule has 2 aliphatic rings. The van der Waals surface area contributed by atoms with Crippen LogP contribution in [0, 0.1) is 0 Å². The van der Waals surface area contributed by atoms with Crippen LogP contribution >= 0.6 is 11.8 Å². The van der Waals surface area contributed by atoms with E-state index in [4.69, 9.17) is 9.47 Å². The summed E-state index contributed by atoms with van der Waals surface area (Å²) in [5.74, 6) is 1.44. The van der Waals surface area contributed by atoms with E-state index >= 15 is 0 Å². The van der Waals surface area contributed by atoms with Gasteiger partial charge in [-0.1, -0.05) is 25.5 Å². The third-order valence-corrected chi connectivity index (χ3v) is 7.61. The Morgan fingerprint density at radius 3 is 2.67 bits per heavy atom. The molecule has 36 heavy (non-hydrogen) atoms. The zero-order valence-corrected chi connectivity index (χ0v) is 22.2. The molecule has 2 aromatic rings. The molecule has 7 nitrogen and oxygen atoms in total. The van der Waals surface area contributed by atoms with Gasteiger partial charge in [0.25, 0.3) is 0 Å². The number of rotatable bonds is 11. The van der Waals surface area contributed by atoms with Gasteiger partial charge >= 0.3 is 0 Å². The van der Waals surface area contributed by atoms with Crippen LogP contribution in [-0.4, -0.2) is 73.2 Å². The van der Waals surface area contributed by atoms with Crippen molar-refractivity contribution in [2.75, 3.05) is 44.4 Å². The zero-order valence-electron chi connectivity index (χ0n) is 21.4. The number of piperidine rings is 1. The van der Waals surface area contributed by atoms with Crippen LogP contribution in [0.5, 0.6) is 11.5 Å². The molecule has 0 radical (unpaired) electrons. The average Bonchev–Trinajstić information content (AvgIpc) is 2.91. The quantitative estimate of drug-likeness (QED) is 0.393. The van der Waals surface area contributed by atoms with Gasteiger partial charge in [-0.15, -0.1) is 11.8 Å². The molecule has 1 amide bonds. The molecule has 3 N–H and O–H groups in total. The molecule has 2 aliphatic heterocycles. The first-order valence-electron chi connectivity index (χ1n) is 13.0. The van der Waals surface area contributed by atoms with E-state index in [9.17, 15) is 9.90 Å². The van der Waals surface area contributed by atoms with Gasteiger partial charge < -0.3 is 25.2 Å². The van der Waals surface area contributed by atoms with E-state index < -0.39 is 12.2 Å². The number of aliphatic hydroxyl groups is 1. The summed E-state index contributed by atoms with van der Waals surface area (Å²) in [6.07, 6.45) is 6.30. The van der Waals surface area contributed by atoms with E-state index in [-0.39, 0.29) is 5.91 Å². The number of carbonyl (C=O) groups excluding carboxylic acids is 1. The monoisotopic (exact) mass is 513 g/mol. The molecule has 196 valence electrons. The minimum Gasteiger partial charge on any atom is -0.486 e. The Kier molecular flexibility index (Phi) is 9.92. The minimum absolute atomic E-state index is 0.0255. The number of likely N-dealkylation sites (tertiary alicyclic amines) is 1. The predicted octanol–water partition coefficient (Wildman–Crippen LogP) is 3.94. The number of benzene rings is 2. The zero-order chi connectivity index (χ0) is 25.3. The Labute approximate surface area is 218 Å². The van der Waals surface area contributed by atoms with Crippen LogP contribution in [0.2, 0.25) is 0 Å². The lowest BCUT2D eigenvalue weighted by atomic mass is 10.0. The third kappa shape index (κ3) is 7.62. The fourth-order valence-electron chi connectivity index (χ4n) is 4.64. The van der Waals surface area contributed by atoms with Crippen molar-refractivity contribution in [3.8, 4) is 11.5 Å². The molecule has 0 bridgehead atoms. The first kappa shape index (κ1) is 26.8. The summed E-state index contributed by atoms with van der Waals surface area (Å²) < 4.78 is 11.8. The Morgan fingerprint density at radius 1 is 1.17 bits per heavy atom. The van der Waals surface area contributed by atoms with E-state index in [1.54, 1.807) is 11.8 Å². The van der Waals surface area contributed by atoms with Gasteiger partial charge in [-0.05, 0) is 67.8 Å². The number of aryl methyl sites for hydroxylation is 1. The molecule has 1 saturated heterocycles. The highest BCUT2D eigenvalue weighted by atomic mass is 32.2. The number of nitrogens with zero attached hydrogens (tertiary/aromatic N) is 1. The number of thioether (sulfide) groups is 1. The summed E-state index contributed by atoms with van der Waals surface area (Å²) in [5.41, 5.74) is 2.17. The number of anilines is 1. The van der Waals surface area contributed by atoms with Crippen LogP contribution in [0.3, 0.4) is 0 Å². The van der Waals surface area contributed by atoms with Crippen LogP contribution in [0.25, 0.3) is 0 Å². The van der Waals surface area contributed by atoms with Crippen molar-refractivity contribution in [2.45, 2.75) is 62.2 Å². The number of nitrogens with one attached hydrogen (secondary N) is 2. The van der Waals surface area contributed by atoms with Crippen LogP contribution in [0.4, 0.5) is 5.69 Å². The third-order valence-electron chi connectivity index (χ3n) is 6.89. The summed E-state index contributed by atoms with van der Waals surface area (Å²) in [5, 5.41) is 17.2.